The van der Waals surface area contributed by atoms with Crippen molar-refractivity contribution < 1.29 is 0 Å². The van der Waals surface area contributed by atoms with E-state index in [0.29, 0.717) is 6.04 Å². The molecule has 0 radical (unpaired) electrons. The summed E-state index contributed by atoms with van der Waals surface area (Å²) in [5.74, 6) is 0. The van der Waals surface area contributed by atoms with Gasteiger partial charge in [0.05, 0.1) is 28.5 Å². The molecular weight excluding hydrogens is 294 g/mol. The maximum Gasteiger partial charge on any atom is 0.0941 e. The van der Waals surface area contributed by atoms with E-state index in [1.165, 1.54) is 5.56 Å². The van der Waals surface area contributed by atoms with E-state index in [9.17, 15) is 0 Å². The predicted octanol–water partition coefficient (Wildman–Crippen LogP) is 4.06. The van der Waals surface area contributed by atoms with E-state index in [2.05, 4.69) is 36.5 Å². The zero-order valence-corrected chi connectivity index (χ0v) is 13.2. The van der Waals surface area contributed by atoms with Gasteiger partial charge in [0, 0.05) is 5.56 Å². The second kappa shape index (κ2) is 6.03. The Kier molecular flexibility index (Phi) is 4.10. The summed E-state index contributed by atoms with van der Waals surface area (Å²) < 4.78 is 0. The standard InChI is InChI=1S/C18H17N3.ClH/c1-12-5-4-6-13(11-12)17-18(16-9-10-19-16)21-15-8-3-2-7-14(15)20-17;/h2-8,11,16,19H,9-10H2,1H3;1H. The molecular formula is C18H18ClN3. The van der Waals surface area contributed by atoms with Gasteiger partial charge >= 0.3 is 0 Å². The number of rotatable bonds is 2. The van der Waals surface area contributed by atoms with Crippen LogP contribution in [0.4, 0.5) is 0 Å². The molecule has 4 heteroatoms. The molecule has 4 rings (SSSR count). The van der Waals surface area contributed by atoms with E-state index < -0.39 is 0 Å². The molecule has 22 heavy (non-hydrogen) atoms. The van der Waals surface area contributed by atoms with Gasteiger partial charge in [-0.15, -0.1) is 12.4 Å². The molecule has 2 heterocycles. The molecule has 0 spiro atoms. The Labute approximate surface area is 136 Å². The Morgan fingerprint density at radius 1 is 1.00 bits per heavy atom. The highest BCUT2D eigenvalue weighted by Crippen LogP contribution is 2.31. The first-order valence-corrected chi connectivity index (χ1v) is 7.38. The lowest BCUT2D eigenvalue weighted by molar-refractivity contribution is 0.376. The Morgan fingerprint density at radius 3 is 2.36 bits per heavy atom. The number of halogens is 1. The topological polar surface area (TPSA) is 37.8 Å². The summed E-state index contributed by atoms with van der Waals surface area (Å²) in [6, 6.07) is 16.9. The number of nitrogens with one attached hydrogen (secondary N) is 1. The van der Waals surface area contributed by atoms with E-state index in [0.717, 1.165) is 41.0 Å². The molecule has 3 nitrogen and oxygen atoms in total. The third-order valence-electron chi connectivity index (χ3n) is 4.04. The van der Waals surface area contributed by atoms with Gasteiger partial charge in [0.2, 0.25) is 0 Å². The maximum atomic E-state index is 4.89. The second-order valence-electron chi connectivity index (χ2n) is 5.61. The van der Waals surface area contributed by atoms with Crippen molar-refractivity contribution in [2.24, 2.45) is 0 Å². The van der Waals surface area contributed by atoms with Crippen LogP contribution in [0.3, 0.4) is 0 Å². The SMILES string of the molecule is Cc1cccc(-c2nc3ccccc3nc2C2CCN2)c1.Cl. The van der Waals surface area contributed by atoms with Crippen LogP contribution in [0, 0.1) is 6.92 Å². The lowest BCUT2D eigenvalue weighted by Crippen LogP contribution is -2.36. The molecule has 2 aromatic carbocycles. The molecule has 1 unspecified atom stereocenters. The Hall–Kier alpha value is -1.97. The van der Waals surface area contributed by atoms with Crippen molar-refractivity contribution in [3.63, 3.8) is 0 Å². The summed E-state index contributed by atoms with van der Waals surface area (Å²) in [5, 5.41) is 3.45. The number of hydrogen-bond acceptors (Lipinski definition) is 3. The van der Waals surface area contributed by atoms with Crippen molar-refractivity contribution in [2.45, 2.75) is 19.4 Å². The second-order valence-corrected chi connectivity index (χ2v) is 5.61. The van der Waals surface area contributed by atoms with Crippen LogP contribution in [-0.4, -0.2) is 16.5 Å². The lowest BCUT2D eigenvalue weighted by Gasteiger charge is -2.28. The highest BCUT2D eigenvalue weighted by atomic mass is 35.5. The number of fused-ring (bicyclic) bond motifs is 1. The predicted molar refractivity (Wildman–Crippen MR) is 92.3 cm³/mol. The van der Waals surface area contributed by atoms with Crippen molar-refractivity contribution in [2.75, 3.05) is 6.54 Å². The van der Waals surface area contributed by atoms with Gasteiger partial charge in [0.15, 0.2) is 0 Å². The van der Waals surface area contributed by atoms with Crippen LogP contribution in [0.2, 0.25) is 0 Å². The lowest BCUT2D eigenvalue weighted by atomic mass is 9.97. The van der Waals surface area contributed by atoms with E-state index in [1.807, 2.05) is 24.3 Å². The maximum absolute atomic E-state index is 4.89. The summed E-state index contributed by atoms with van der Waals surface area (Å²) >= 11 is 0. The van der Waals surface area contributed by atoms with Crippen molar-refractivity contribution in [3.8, 4) is 11.3 Å². The summed E-state index contributed by atoms with van der Waals surface area (Å²) in [7, 11) is 0. The largest absolute Gasteiger partial charge is 0.308 e. The average molecular weight is 312 g/mol. The van der Waals surface area contributed by atoms with Gasteiger partial charge in [0.1, 0.15) is 0 Å². The molecule has 0 bridgehead atoms. The van der Waals surface area contributed by atoms with Crippen molar-refractivity contribution >= 4 is 23.4 Å². The van der Waals surface area contributed by atoms with Crippen LogP contribution in [0.25, 0.3) is 22.3 Å². The fourth-order valence-electron chi connectivity index (χ4n) is 2.78. The molecule has 112 valence electrons. The smallest absolute Gasteiger partial charge is 0.0941 e. The normalized spacial score (nSPS) is 16.9. The minimum Gasteiger partial charge on any atom is -0.308 e. The number of aromatic nitrogens is 2. The molecule has 0 saturated carbocycles. The Morgan fingerprint density at radius 2 is 1.73 bits per heavy atom. The highest BCUT2D eigenvalue weighted by molar-refractivity contribution is 5.85. The van der Waals surface area contributed by atoms with Crippen molar-refractivity contribution in [3.05, 3.63) is 59.8 Å². The first-order valence-electron chi connectivity index (χ1n) is 7.38. The van der Waals surface area contributed by atoms with E-state index >= 15 is 0 Å². The summed E-state index contributed by atoms with van der Waals surface area (Å²) in [5.41, 5.74) is 6.40. The zero-order valence-electron chi connectivity index (χ0n) is 12.4. The van der Waals surface area contributed by atoms with Crippen LogP contribution in [0.5, 0.6) is 0 Å². The number of aryl methyl sites for hydroxylation is 1. The molecule has 1 saturated heterocycles. The Bertz CT molecular complexity index is 812. The van der Waals surface area contributed by atoms with Crippen molar-refractivity contribution in [1.29, 1.82) is 0 Å². The zero-order chi connectivity index (χ0) is 14.2. The highest BCUT2D eigenvalue weighted by Gasteiger charge is 2.25. The molecule has 1 aromatic heterocycles. The Balaban J connectivity index is 0.00000144. The van der Waals surface area contributed by atoms with Gasteiger partial charge < -0.3 is 5.32 Å². The summed E-state index contributed by atoms with van der Waals surface area (Å²) in [6.45, 7) is 3.17. The fourth-order valence-corrected chi connectivity index (χ4v) is 2.78. The molecule has 3 aromatic rings. The average Bonchev–Trinajstić information content (AvgIpc) is 2.45. The van der Waals surface area contributed by atoms with Gasteiger partial charge in [-0.25, -0.2) is 9.97 Å². The third-order valence-corrected chi connectivity index (χ3v) is 4.04. The van der Waals surface area contributed by atoms with Gasteiger partial charge in [-0.05, 0) is 38.1 Å². The fraction of sp³-hybridized carbons (Fsp3) is 0.222. The first-order chi connectivity index (χ1) is 10.3. The van der Waals surface area contributed by atoms with E-state index in [4.69, 9.17) is 9.97 Å². The number of benzene rings is 2. The molecule has 0 amide bonds. The van der Waals surface area contributed by atoms with E-state index in [1.54, 1.807) is 0 Å². The van der Waals surface area contributed by atoms with Gasteiger partial charge in [-0.3, -0.25) is 0 Å². The number of hydrogen-bond donors (Lipinski definition) is 1. The van der Waals surface area contributed by atoms with Gasteiger partial charge in [-0.2, -0.15) is 0 Å². The van der Waals surface area contributed by atoms with Gasteiger partial charge in [-0.1, -0.05) is 35.9 Å². The van der Waals surface area contributed by atoms with Crippen LogP contribution in [-0.2, 0) is 0 Å². The van der Waals surface area contributed by atoms with Crippen LogP contribution < -0.4 is 5.32 Å². The molecule has 1 aliphatic heterocycles. The minimum absolute atomic E-state index is 0. The van der Waals surface area contributed by atoms with Crippen LogP contribution in [0.1, 0.15) is 23.7 Å². The molecule has 1 fully saturated rings. The molecule has 0 aliphatic carbocycles. The minimum atomic E-state index is 0. The number of para-hydroxylation sites is 2. The monoisotopic (exact) mass is 311 g/mol. The quantitative estimate of drug-likeness (QED) is 0.775. The van der Waals surface area contributed by atoms with E-state index in [-0.39, 0.29) is 12.4 Å². The molecule has 1 aliphatic rings. The molecule has 1 N–H and O–H groups in total. The summed E-state index contributed by atoms with van der Waals surface area (Å²) in [4.78, 5) is 9.77. The third kappa shape index (κ3) is 2.58. The van der Waals surface area contributed by atoms with Crippen molar-refractivity contribution in [1.82, 2.24) is 15.3 Å². The van der Waals surface area contributed by atoms with Crippen LogP contribution >= 0.6 is 12.4 Å². The first kappa shape index (κ1) is 14.9. The van der Waals surface area contributed by atoms with Crippen LogP contribution in [0.15, 0.2) is 48.5 Å². The number of nitrogens with zero attached hydrogens (tertiary/aromatic N) is 2. The summed E-state index contributed by atoms with van der Waals surface area (Å²) in [6.07, 6.45) is 1.13. The van der Waals surface area contributed by atoms with Gasteiger partial charge in [0.25, 0.3) is 0 Å². The molecule has 1 atom stereocenters.